The second-order valence-corrected chi connectivity index (χ2v) is 14.7. The summed E-state index contributed by atoms with van der Waals surface area (Å²) in [4.78, 5) is 0. The largest absolute Gasteiger partial charge is 1.00 e. The Bertz CT molecular complexity index is 759. The predicted octanol–water partition coefficient (Wildman–Crippen LogP) is 5.24. The van der Waals surface area contributed by atoms with E-state index in [1.165, 1.54) is 173 Å². The third-order valence-corrected chi connectivity index (χ3v) is 8.47. The Kier molecular flexibility index (Phi) is 62.2. The van der Waals surface area contributed by atoms with Crippen molar-refractivity contribution >= 4 is 20.8 Å². The summed E-state index contributed by atoms with van der Waals surface area (Å²) in [5, 5.41) is 0. The molecule has 0 aliphatic carbocycles. The monoisotopic (exact) mass is 778 g/mol. The van der Waals surface area contributed by atoms with Crippen LogP contribution in [0.5, 0.6) is 0 Å². The molecule has 0 bridgehead atoms. The molecule has 9 nitrogen and oxygen atoms in total. The maximum absolute atomic E-state index is 10.1. The number of hydrogen-bond donors (Lipinski definition) is 1. The first-order chi connectivity index (χ1) is 22.5. The van der Waals surface area contributed by atoms with Gasteiger partial charge in [-0.1, -0.05) is 194 Å². The minimum atomic E-state index is -4.92. The molecule has 0 atom stereocenters. The van der Waals surface area contributed by atoms with Crippen LogP contribution in [0.25, 0.3) is 0 Å². The molecule has 13 heteroatoms. The van der Waals surface area contributed by atoms with Crippen LogP contribution in [0.3, 0.4) is 0 Å². The summed E-state index contributed by atoms with van der Waals surface area (Å²) in [6, 6.07) is 0. The molecule has 0 aromatic carbocycles. The molecule has 0 aromatic rings. The molecule has 0 aromatic heterocycles. The van der Waals surface area contributed by atoms with Crippen molar-refractivity contribution in [3.63, 3.8) is 0 Å². The normalized spacial score (nSPS) is 11.1. The summed E-state index contributed by atoms with van der Waals surface area (Å²) in [5.41, 5.74) is 0. The van der Waals surface area contributed by atoms with Gasteiger partial charge in [-0.05, 0) is 19.3 Å². The second kappa shape index (κ2) is 50.3. The van der Waals surface area contributed by atoms with Crippen molar-refractivity contribution in [3.05, 3.63) is 0 Å². The van der Waals surface area contributed by atoms with Gasteiger partial charge in [0.25, 0.3) is 0 Å². The van der Waals surface area contributed by atoms with Gasteiger partial charge in [0.1, 0.15) is 0 Å². The number of rotatable bonds is 34. The summed E-state index contributed by atoms with van der Waals surface area (Å²) < 4.78 is 73.1. The minimum absolute atomic E-state index is 0. The van der Waals surface area contributed by atoms with E-state index < -0.39 is 20.8 Å². The molecule has 0 amide bonds. The van der Waals surface area contributed by atoms with E-state index in [4.69, 9.17) is 22.3 Å². The van der Waals surface area contributed by atoms with Crippen molar-refractivity contribution in [2.24, 2.45) is 0 Å². The van der Waals surface area contributed by atoms with Crippen LogP contribution in [0.1, 0.15) is 213 Å². The quantitative estimate of drug-likeness (QED) is 0.0400. The molecular weight excluding hydrogens is 703 g/mol. The van der Waals surface area contributed by atoms with Crippen LogP contribution >= 0.6 is 0 Å². The van der Waals surface area contributed by atoms with Gasteiger partial charge < -0.3 is 13.8 Å². The fourth-order valence-corrected chi connectivity index (χ4v) is 5.56. The summed E-state index contributed by atoms with van der Waals surface area (Å²) in [6.07, 6.45) is 39.9. The van der Waals surface area contributed by atoms with Crippen LogP contribution in [0, 0.1) is 0 Å². The Labute approximate surface area is 370 Å². The van der Waals surface area contributed by atoms with Crippen LogP contribution in [0.4, 0.5) is 0 Å². The number of hydrogen-bond acceptors (Lipinski definition) is 8. The summed E-state index contributed by atoms with van der Waals surface area (Å²) >= 11 is 0. The van der Waals surface area contributed by atoms with Crippen molar-refractivity contribution in [3.8, 4) is 0 Å². The van der Waals surface area contributed by atoms with Crippen LogP contribution in [-0.4, -0.2) is 50.3 Å². The Hall–Kier alpha value is 2.34. The standard InChI is InChI=1S/C24H50O.C12H26O4S.K.Na.H2O4S/c1-3-5-7-9-11-13-15-17-19-21-23-25-24-22-20-18-16-14-12-10-8-6-4-2;1-2-3-4-5-6-7-8-9-10-11-12-16-17(13,14)15;;;1-5(2,3)4/h3-24H2,1-2H3;2-12H2,1H3,(H,13,14,15);;;(H2,1,2,3,4)/q;;2*+1;/p-2. The van der Waals surface area contributed by atoms with Crippen molar-refractivity contribution in [1.29, 1.82) is 0 Å². The first-order valence-electron chi connectivity index (χ1n) is 19.3. The number of ether oxygens (including phenoxy) is 1. The minimum Gasteiger partial charge on any atom is -0.726 e. The molecule has 0 fully saturated rings. The van der Waals surface area contributed by atoms with E-state index in [0.717, 1.165) is 26.1 Å². The zero-order chi connectivity index (χ0) is 35.7. The Morgan fingerprint density at radius 2 is 0.592 bits per heavy atom. The maximum atomic E-state index is 10.1. The zero-order valence-corrected chi connectivity index (χ0v) is 39.6. The predicted molar refractivity (Wildman–Crippen MR) is 194 cm³/mol. The van der Waals surface area contributed by atoms with Crippen LogP contribution in [0.15, 0.2) is 0 Å². The molecule has 0 saturated heterocycles. The molecule has 49 heavy (non-hydrogen) atoms. The van der Waals surface area contributed by atoms with Crippen LogP contribution < -0.4 is 80.9 Å². The molecule has 0 saturated carbocycles. The molecule has 0 radical (unpaired) electrons. The molecule has 0 spiro atoms. The smallest absolute Gasteiger partial charge is 0.726 e. The second-order valence-electron chi connectivity index (χ2n) is 12.8. The van der Waals surface area contributed by atoms with E-state index in [9.17, 15) is 13.0 Å². The SMILES string of the molecule is CCCCCCCCCCCCOCCCCCCCCCCCC.CCCCCCCCCCCCOS(=O)(=O)[O-].O=S(=O)([O-])O.[K+].[Na+]. The van der Waals surface area contributed by atoms with Gasteiger partial charge in [0.05, 0.1) is 6.61 Å². The molecule has 0 aliphatic heterocycles. The third kappa shape index (κ3) is 80.0. The summed E-state index contributed by atoms with van der Waals surface area (Å²) in [6.45, 7) is 8.81. The molecule has 0 unspecified atom stereocenters. The Morgan fingerprint density at radius 1 is 0.408 bits per heavy atom. The van der Waals surface area contributed by atoms with Crippen molar-refractivity contribution < 1.29 is 120 Å². The van der Waals surface area contributed by atoms with E-state index in [1.807, 2.05) is 0 Å². The molecule has 1 N–H and O–H groups in total. The van der Waals surface area contributed by atoms with Gasteiger partial charge in [0.2, 0.25) is 20.8 Å². The number of unbranched alkanes of at least 4 members (excludes halogenated alkanes) is 27. The zero-order valence-electron chi connectivity index (χ0n) is 32.9. The molecule has 0 aliphatic rings. The van der Waals surface area contributed by atoms with Gasteiger partial charge in [-0.25, -0.2) is 16.8 Å². The Balaban J connectivity index is -0.000000233. The van der Waals surface area contributed by atoms with Gasteiger partial charge in [-0.2, -0.15) is 0 Å². The average molecular weight is 779 g/mol. The molecule has 0 heterocycles. The third-order valence-electron chi connectivity index (χ3n) is 8.01. The van der Waals surface area contributed by atoms with E-state index in [0.29, 0.717) is 6.42 Å². The maximum Gasteiger partial charge on any atom is 1.00 e. The fraction of sp³-hybridized carbons (Fsp3) is 1.00. The molecular formula is C36H76KNaO9S2. The van der Waals surface area contributed by atoms with E-state index in [-0.39, 0.29) is 87.5 Å². The summed E-state index contributed by atoms with van der Waals surface area (Å²) in [7, 11) is -9.40. The summed E-state index contributed by atoms with van der Waals surface area (Å²) in [5.74, 6) is 0. The van der Waals surface area contributed by atoms with Crippen LogP contribution in [0.2, 0.25) is 0 Å². The van der Waals surface area contributed by atoms with E-state index in [1.54, 1.807) is 0 Å². The van der Waals surface area contributed by atoms with Crippen molar-refractivity contribution in [2.45, 2.75) is 213 Å². The first-order valence-corrected chi connectivity index (χ1v) is 22.0. The first kappa shape index (κ1) is 60.6. The van der Waals surface area contributed by atoms with Gasteiger partial charge in [-0.3, -0.25) is 8.74 Å². The average Bonchev–Trinajstić information content (AvgIpc) is 2.99. The fourth-order valence-electron chi connectivity index (χ4n) is 5.24. The van der Waals surface area contributed by atoms with E-state index in [2.05, 4.69) is 25.0 Å². The van der Waals surface area contributed by atoms with E-state index >= 15 is 0 Å². The molecule has 0 rings (SSSR count). The van der Waals surface area contributed by atoms with Crippen molar-refractivity contribution in [1.82, 2.24) is 0 Å². The van der Waals surface area contributed by atoms with Crippen LogP contribution in [-0.2, 0) is 29.7 Å². The molecule has 288 valence electrons. The van der Waals surface area contributed by atoms with Crippen molar-refractivity contribution in [2.75, 3.05) is 19.8 Å². The Morgan fingerprint density at radius 3 is 0.796 bits per heavy atom. The van der Waals surface area contributed by atoms with Gasteiger partial charge in [-0.15, -0.1) is 0 Å². The van der Waals surface area contributed by atoms with Gasteiger partial charge >= 0.3 is 80.9 Å². The van der Waals surface area contributed by atoms with Gasteiger partial charge in [0.15, 0.2) is 0 Å². The topological polar surface area (TPSA) is 153 Å². The van der Waals surface area contributed by atoms with Gasteiger partial charge in [0, 0.05) is 13.2 Å².